The lowest BCUT2D eigenvalue weighted by Crippen LogP contribution is -2.35. The van der Waals surface area contributed by atoms with Crippen molar-refractivity contribution in [3.8, 4) is 0 Å². The summed E-state index contributed by atoms with van der Waals surface area (Å²) in [7, 11) is 0. The number of allylic oxidation sites excluding steroid dienone is 6. The number of carboxylic acid groups (broad SMARTS) is 1. The Labute approximate surface area is 214 Å². The molecular formula is C28H40N4O4. The summed E-state index contributed by atoms with van der Waals surface area (Å²) in [6.45, 7) is 8.79. The van der Waals surface area contributed by atoms with Crippen molar-refractivity contribution in [1.29, 1.82) is 0 Å². The molecule has 8 heteroatoms. The van der Waals surface area contributed by atoms with E-state index >= 15 is 0 Å². The van der Waals surface area contributed by atoms with E-state index in [4.69, 9.17) is 5.11 Å². The van der Waals surface area contributed by atoms with Gasteiger partial charge in [0.25, 0.3) is 0 Å². The van der Waals surface area contributed by atoms with Crippen LogP contribution in [0.2, 0.25) is 0 Å². The molecule has 0 spiro atoms. The molecule has 196 valence electrons. The zero-order chi connectivity index (χ0) is 26.3. The van der Waals surface area contributed by atoms with Gasteiger partial charge in [0, 0.05) is 44.3 Å². The third-order valence-electron chi connectivity index (χ3n) is 6.31. The third-order valence-corrected chi connectivity index (χ3v) is 6.31. The van der Waals surface area contributed by atoms with Crippen molar-refractivity contribution in [2.45, 2.75) is 59.3 Å². The molecule has 3 rings (SSSR count). The fourth-order valence-electron chi connectivity index (χ4n) is 4.17. The summed E-state index contributed by atoms with van der Waals surface area (Å²) in [6, 6.07) is 5.72. The van der Waals surface area contributed by atoms with Crippen molar-refractivity contribution in [1.82, 2.24) is 20.5 Å². The Morgan fingerprint density at radius 1 is 1.22 bits per heavy atom. The van der Waals surface area contributed by atoms with Gasteiger partial charge in [-0.25, -0.2) is 0 Å². The van der Waals surface area contributed by atoms with Gasteiger partial charge in [0.05, 0.1) is 6.42 Å². The lowest BCUT2D eigenvalue weighted by molar-refractivity contribution is -0.136. The molecule has 0 aromatic carbocycles. The number of nitrogens with zero attached hydrogens (tertiary/aromatic N) is 2. The van der Waals surface area contributed by atoms with Gasteiger partial charge in [-0.15, -0.1) is 0 Å². The molecule has 1 aromatic rings. The maximum absolute atomic E-state index is 12.4. The van der Waals surface area contributed by atoms with Crippen LogP contribution in [0.5, 0.6) is 0 Å². The van der Waals surface area contributed by atoms with Crippen LogP contribution >= 0.6 is 0 Å². The zero-order valence-electron chi connectivity index (χ0n) is 21.8. The Balaban J connectivity index is 0.000000662. The van der Waals surface area contributed by atoms with E-state index in [1.807, 2.05) is 18.2 Å². The smallest absolute Gasteiger partial charge is 0.305 e. The van der Waals surface area contributed by atoms with Crippen molar-refractivity contribution < 1.29 is 19.5 Å². The average Bonchev–Trinajstić information content (AvgIpc) is 3.32. The van der Waals surface area contributed by atoms with Crippen molar-refractivity contribution in [3.63, 3.8) is 0 Å². The molecule has 3 heterocycles. The number of aromatic nitrogens is 1. The highest BCUT2D eigenvalue weighted by atomic mass is 16.4. The van der Waals surface area contributed by atoms with Crippen LogP contribution in [0.25, 0.3) is 0 Å². The van der Waals surface area contributed by atoms with Gasteiger partial charge in [0.1, 0.15) is 6.42 Å². The van der Waals surface area contributed by atoms with Crippen molar-refractivity contribution in [2.75, 3.05) is 26.2 Å². The average molecular weight is 497 g/mol. The van der Waals surface area contributed by atoms with Crippen LogP contribution in [-0.2, 0) is 14.4 Å². The predicted octanol–water partition coefficient (Wildman–Crippen LogP) is 3.84. The third kappa shape index (κ3) is 10.9. The summed E-state index contributed by atoms with van der Waals surface area (Å²) in [5.41, 5.74) is 5.21. The fraction of sp³-hybridized carbons (Fsp3) is 0.500. The minimum absolute atomic E-state index is 0.0474. The number of hydrogen-bond acceptors (Lipinski definition) is 5. The lowest BCUT2D eigenvalue weighted by atomic mass is 9.94. The Morgan fingerprint density at radius 3 is 2.56 bits per heavy atom. The molecule has 2 aliphatic rings. The van der Waals surface area contributed by atoms with E-state index in [1.165, 1.54) is 22.4 Å². The molecule has 0 bridgehead atoms. The first-order valence-electron chi connectivity index (χ1n) is 12.7. The van der Waals surface area contributed by atoms with Crippen molar-refractivity contribution >= 4 is 17.8 Å². The predicted molar refractivity (Wildman–Crippen MR) is 141 cm³/mol. The molecule has 0 aliphatic carbocycles. The molecule has 1 fully saturated rings. The maximum atomic E-state index is 12.4. The zero-order valence-corrected chi connectivity index (χ0v) is 21.8. The van der Waals surface area contributed by atoms with E-state index in [2.05, 4.69) is 48.5 Å². The molecule has 1 aromatic heterocycles. The molecule has 3 N–H and O–H groups in total. The quantitative estimate of drug-likeness (QED) is 0.354. The summed E-state index contributed by atoms with van der Waals surface area (Å²) in [6.07, 6.45) is 11.7. The summed E-state index contributed by atoms with van der Waals surface area (Å²) in [5.74, 6) is -1.19. The van der Waals surface area contributed by atoms with Gasteiger partial charge in [-0.2, -0.15) is 0 Å². The molecule has 0 radical (unpaired) electrons. The Bertz CT molecular complexity index is 938. The van der Waals surface area contributed by atoms with E-state index in [-0.39, 0.29) is 25.3 Å². The summed E-state index contributed by atoms with van der Waals surface area (Å²) in [5, 5.41) is 14.5. The van der Waals surface area contributed by atoms with Crippen molar-refractivity contribution in [2.24, 2.45) is 5.92 Å². The Morgan fingerprint density at radius 2 is 1.97 bits per heavy atom. The molecule has 36 heavy (non-hydrogen) atoms. The van der Waals surface area contributed by atoms with E-state index < -0.39 is 11.9 Å². The van der Waals surface area contributed by atoms with Crippen LogP contribution in [0.3, 0.4) is 0 Å². The molecule has 1 unspecified atom stereocenters. The van der Waals surface area contributed by atoms with Crippen LogP contribution in [0, 0.1) is 5.92 Å². The van der Waals surface area contributed by atoms with Crippen LogP contribution in [0.1, 0.15) is 59.3 Å². The normalized spacial score (nSPS) is 17.2. The van der Waals surface area contributed by atoms with Gasteiger partial charge >= 0.3 is 5.97 Å². The number of pyridine rings is 1. The molecule has 1 saturated heterocycles. The molecule has 1 atom stereocenters. The van der Waals surface area contributed by atoms with Gasteiger partial charge in [0.2, 0.25) is 11.8 Å². The number of aliphatic carboxylic acids is 1. The second-order valence-electron chi connectivity index (χ2n) is 9.43. The van der Waals surface area contributed by atoms with Crippen LogP contribution < -0.4 is 10.6 Å². The second-order valence-corrected chi connectivity index (χ2v) is 9.43. The Kier molecular flexibility index (Phi) is 12.4. The Hall–Kier alpha value is -3.42. The molecule has 0 saturated carbocycles. The van der Waals surface area contributed by atoms with Gasteiger partial charge in [0.15, 0.2) is 0 Å². The number of carbonyl (C=O) groups is 3. The minimum Gasteiger partial charge on any atom is -0.481 e. The van der Waals surface area contributed by atoms with E-state index in [1.54, 1.807) is 17.3 Å². The first-order chi connectivity index (χ1) is 17.3. The minimum atomic E-state index is -0.973. The van der Waals surface area contributed by atoms with Gasteiger partial charge in [-0.05, 0) is 75.7 Å². The highest BCUT2D eigenvalue weighted by Crippen LogP contribution is 2.27. The number of rotatable bonds is 9. The van der Waals surface area contributed by atoms with Gasteiger partial charge < -0.3 is 20.6 Å². The molecule has 2 amide bonds. The fourth-order valence-corrected chi connectivity index (χ4v) is 4.17. The van der Waals surface area contributed by atoms with Gasteiger partial charge in [-0.1, -0.05) is 23.8 Å². The van der Waals surface area contributed by atoms with E-state index in [0.717, 1.165) is 32.2 Å². The summed E-state index contributed by atoms with van der Waals surface area (Å²) >= 11 is 0. The maximum Gasteiger partial charge on any atom is 0.305 e. The number of carbonyl (C=O) groups excluding carboxylic acids is 2. The molecular weight excluding hydrogens is 456 g/mol. The largest absolute Gasteiger partial charge is 0.481 e. The van der Waals surface area contributed by atoms with Crippen molar-refractivity contribution in [3.05, 3.63) is 65.2 Å². The van der Waals surface area contributed by atoms with Crippen LogP contribution in [-0.4, -0.2) is 59.0 Å². The number of amides is 2. The molecule has 8 nitrogen and oxygen atoms in total. The number of hydrogen-bond donors (Lipinski definition) is 3. The first-order valence-corrected chi connectivity index (χ1v) is 12.7. The van der Waals surface area contributed by atoms with Crippen LogP contribution in [0.4, 0.5) is 0 Å². The van der Waals surface area contributed by atoms with Gasteiger partial charge in [-0.3, -0.25) is 19.4 Å². The van der Waals surface area contributed by atoms with E-state index in [0.29, 0.717) is 19.0 Å². The monoisotopic (exact) mass is 496 g/mol. The summed E-state index contributed by atoms with van der Waals surface area (Å²) < 4.78 is 0. The topological polar surface area (TPSA) is 112 Å². The lowest BCUT2D eigenvalue weighted by Gasteiger charge is -2.18. The van der Waals surface area contributed by atoms with E-state index in [9.17, 15) is 14.4 Å². The molecule has 2 aliphatic heterocycles. The first kappa shape index (κ1) is 28.8. The highest BCUT2D eigenvalue weighted by Gasteiger charge is 2.27. The number of carboxylic acids is 1. The van der Waals surface area contributed by atoms with Crippen LogP contribution in [0.15, 0.2) is 65.2 Å². The summed E-state index contributed by atoms with van der Waals surface area (Å²) in [4.78, 5) is 40.3. The SMILES string of the molecule is CC(C)=C(/C=C\C1=C(C)NCCC1)CC1CCN(C(=O)CC(=O)NCCC(=O)O)C1.c1ccncc1. The number of likely N-dealkylation sites (tertiary alicyclic amines) is 1. The highest BCUT2D eigenvalue weighted by molar-refractivity contribution is 5.97. The standard InChI is InChI=1S/C23H35N3O4.C5H5N/c1-16(2)20(7-6-19-5-4-10-24-17(19)3)13-18-9-12-26(15-18)22(28)14-21(27)25-11-8-23(29)30;1-2-4-6-5-3-1/h6-7,18,24H,4-5,8-15H2,1-3H3,(H,25,27)(H,29,30);1-5H/b7-6-;. The number of nitrogens with one attached hydrogen (secondary N) is 2. The second kappa shape index (κ2) is 15.5.